The first-order chi connectivity index (χ1) is 15.0. The highest BCUT2D eigenvalue weighted by Gasteiger charge is 2.44. The molecular weight excluding hydrogens is 382 g/mol. The molecule has 2 aromatic carbocycles. The number of benzene rings is 2. The zero-order chi connectivity index (χ0) is 21.3. The Kier molecular flexibility index (Phi) is 3.77. The van der Waals surface area contributed by atoms with E-state index in [0.29, 0.717) is 5.56 Å². The van der Waals surface area contributed by atoms with Gasteiger partial charge in [-0.2, -0.15) is 5.26 Å². The number of hydrogen-bond acceptors (Lipinski definition) is 4. The average Bonchev–Trinajstić information content (AvgIpc) is 3.37. The van der Waals surface area contributed by atoms with Crippen molar-refractivity contribution < 1.29 is 4.42 Å². The van der Waals surface area contributed by atoms with E-state index in [1.54, 1.807) is 0 Å². The molecular formula is C27H25N3O. The zero-order valence-electron chi connectivity index (χ0n) is 18.1. The van der Waals surface area contributed by atoms with Gasteiger partial charge < -0.3 is 9.73 Å². The van der Waals surface area contributed by atoms with Crippen molar-refractivity contribution in [1.29, 1.82) is 5.26 Å². The summed E-state index contributed by atoms with van der Waals surface area (Å²) in [7, 11) is 0. The molecule has 2 heterocycles. The van der Waals surface area contributed by atoms with E-state index in [1.165, 1.54) is 40.7 Å². The summed E-state index contributed by atoms with van der Waals surface area (Å²) in [5, 5.41) is 12.8. The van der Waals surface area contributed by atoms with Gasteiger partial charge in [-0.05, 0) is 78.1 Å². The van der Waals surface area contributed by atoms with Crippen molar-refractivity contribution in [2.75, 3.05) is 0 Å². The monoisotopic (exact) mass is 407 g/mol. The molecule has 31 heavy (non-hydrogen) atoms. The van der Waals surface area contributed by atoms with E-state index in [2.05, 4.69) is 44.3 Å². The minimum absolute atomic E-state index is 0.0355. The maximum absolute atomic E-state index is 9.14. The number of nitriles is 1. The number of amidine groups is 1. The van der Waals surface area contributed by atoms with Crippen molar-refractivity contribution >= 4 is 5.84 Å². The fourth-order valence-corrected chi connectivity index (χ4v) is 5.79. The van der Waals surface area contributed by atoms with Gasteiger partial charge in [-0.25, -0.2) is 0 Å². The second-order valence-corrected chi connectivity index (χ2v) is 9.69. The molecule has 3 aromatic rings. The van der Waals surface area contributed by atoms with Gasteiger partial charge in [0.1, 0.15) is 17.6 Å². The van der Waals surface area contributed by atoms with Gasteiger partial charge in [-0.15, -0.1) is 0 Å². The van der Waals surface area contributed by atoms with Crippen LogP contribution in [-0.2, 0) is 11.8 Å². The average molecular weight is 408 g/mol. The molecule has 4 heteroatoms. The van der Waals surface area contributed by atoms with Gasteiger partial charge in [0.25, 0.3) is 0 Å². The molecule has 1 aromatic heterocycles. The highest BCUT2D eigenvalue weighted by atomic mass is 16.3. The SMILES string of the molecule is Cc1coc2c1C1NC(c3ccc(C#N)cc3)=NC1c1c-2ccc2c1CCCC2(C)C. The minimum Gasteiger partial charge on any atom is -0.464 e. The summed E-state index contributed by atoms with van der Waals surface area (Å²) in [6.45, 7) is 6.84. The van der Waals surface area contributed by atoms with Crippen LogP contribution in [0.4, 0.5) is 0 Å². The van der Waals surface area contributed by atoms with Crippen LogP contribution in [0.5, 0.6) is 0 Å². The van der Waals surface area contributed by atoms with Gasteiger partial charge in [0.15, 0.2) is 0 Å². The Morgan fingerprint density at radius 3 is 2.71 bits per heavy atom. The van der Waals surface area contributed by atoms with Crippen LogP contribution >= 0.6 is 0 Å². The molecule has 0 spiro atoms. The second kappa shape index (κ2) is 6.34. The Morgan fingerprint density at radius 2 is 1.94 bits per heavy atom. The third kappa shape index (κ3) is 2.56. The van der Waals surface area contributed by atoms with E-state index >= 15 is 0 Å². The van der Waals surface area contributed by atoms with Crippen LogP contribution in [0.25, 0.3) is 11.3 Å². The fourth-order valence-electron chi connectivity index (χ4n) is 5.79. The third-order valence-electron chi connectivity index (χ3n) is 7.35. The maximum Gasteiger partial charge on any atom is 0.139 e. The molecule has 4 nitrogen and oxygen atoms in total. The van der Waals surface area contributed by atoms with E-state index in [4.69, 9.17) is 14.7 Å². The van der Waals surface area contributed by atoms with Gasteiger partial charge in [-0.3, -0.25) is 4.99 Å². The first kappa shape index (κ1) is 18.4. The minimum atomic E-state index is 0.0355. The number of nitrogens with one attached hydrogen (secondary N) is 1. The third-order valence-corrected chi connectivity index (χ3v) is 7.35. The van der Waals surface area contributed by atoms with Crippen molar-refractivity contribution in [2.45, 2.75) is 57.5 Å². The first-order valence-corrected chi connectivity index (χ1v) is 11.1. The Hall–Kier alpha value is -3.32. The van der Waals surface area contributed by atoms with Crippen LogP contribution in [0.1, 0.15) is 77.7 Å². The number of rotatable bonds is 1. The first-order valence-electron chi connectivity index (χ1n) is 11.1. The molecule has 6 rings (SSSR count). The molecule has 1 N–H and O–H groups in total. The summed E-state index contributed by atoms with van der Waals surface area (Å²) >= 11 is 0. The van der Waals surface area contributed by atoms with Crippen LogP contribution in [0.15, 0.2) is 52.1 Å². The Morgan fingerprint density at radius 1 is 1.13 bits per heavy atom. The summed E-state index contributed by atoms with van der Waals surface area (Å²) in [6.07, 6.45) is 5.40. The number of aliphatic imine (C=N–C) groups is 1. The molecule has 0 fully saturated rings. The van der Waals surface area contributed by atoms with E-state index in [1.807, 2.05) is 30.5 Å². The van der Waals surface area contributed by atoms with Gasteiger partial charge in [0.2, 0.25) is 0 Å². The summed E-state index contributed by atoms with van der Waals surface area (Å²) in [5.41, 5.74) is 9.72. The van der Waals surface area contributed by atoms with Crippen molar-refractivity contribution in [1.82, 2.24) is 5.32 Å². The normalized spacial score (nSPS) is 22.3. The quantitative estimate of drug-likeness (QED) is 0.547. The smallest absolute Gasteiger partial charge is 0.139 e. The lowest BCUT2D eigenvalue weighted by atomic mass is 9.68. The lowest BCUT2D eigenvalue weighted by molar-refractivity contribution is 0.426. The zero-order valence-corrected chi connectivity index (χ0v) is 18.1. The van der Waals surface area contributed by atoms with E-state index < -0.39 is 0 Å². The van der Waals surface area contributed by atoms with Crippen LogP contribution in [-0.4, -0.2) is 5.84 Å². The number of nitrogens with zero attached hydrogens (tertiary/aromatic N) is 2. The lowest BCUT2D eigenvalue weighted by Crippen LogP contribution is -2.30. The molecule has 0 saturated carbocycles. The molecule has 2 atom stereocenters. The standard InChI is InChI=1S/C27H25N3O/c1-15-14-31-25-19-10-11-20-18(5-4-12-27(20,2)3)22(19)24-23(21(15)25)29-26(30-24)17-8-6-16(13-28)7-9-17/h6-11,14,23-24H,4-5,12H2,1-3H3,(H,29,30). The highest BCUT2D eigenvalue weighted by molar-refractivity contribution is 6.01. The van der Waals surface area contributed by atoms with Crippen molar-refractivity contribution in [2.24, 2.45) is 4.99 Å². The number of hydrogen-bond donors (Lipinski definition) is 1. The molecule has 0 bridgehead atoms. The van der Waals surface area contributed by atoms with Crippen LogP contribution in [0, 0.1) is 18.3 Å². The van der Waals surface area contributed by atoms with Gasteiger partial charge in [0, 0.05) is 16.7 Å². The molecule has 0 radical (unpaired) electrons. The summed E-state index contributed by atoms with van der Waals surface area (Å²) in [5.74, 6) is 1.88. The molecule has 2 unspecified atom stereocenters. The largest absolute Gasteiger partial charge is 0.464 e. The van der Waals surface area contributed by atoms with Crippen LogP contribution in [0.3, 0.4) is 0 Å². The van der Waals surface area contributed by atoms with Gasteiger partial charge in [0.05, 0.1) is 23.9 Å². The van der Waals surface area contributed by atoms with E-state index in [0.717, 1.165) is 29.1 Å². The molecule has 0 amide bonds. The number of fused-ring (bicyclic) bond motifs is 8. The highest BCUT2D eigenvalue weighted by Crippen LogP contribution is 2.54. The van der Waals surface area contributed by atoms with E-state index in [-0.39, 0.29) is 17.5 Å². The number of aryl methyl sites for hydroxylation is 1. The predicted octanol–water partition coefficient (Wildman–Crippen LogP) is 5.89. The van der Waals surface area contributed by atoms with Crippen molar-refractivity contribution in [3.05, 3.63) is 81.6 Å². The van der Waals surface area contributed by atoms with E-state index in [9.17, 15) is 0 Å². The predicted molar refractivity (Wildman–Crippen MR) is 121 cm³/mol. The Labute approximate surface area is 182 Å². The summed E-state index contributed by atoms with van der Waals surface area (Å²) in [4.78, 5) is 5.23. The van der Waals surface area contributed by atoms with Crippen LogP contribution < -0.4 is 5.32 Å². The molecule has 154 valence electrons. The lowest BCUT2D eigenvalue weighted by Gasteiger charge is -2.37. The fraction of sp³-hybridized carbons (Fsp3) is 0.333. The Balaban J connectivity index is 1.56. The molecule has 1 aliphatic heterocycles. The molecule has 3 aliphatic rings. The summed E-state index contributed by atoms with van der Waals surface area (Å²) in [6, 6.07) is 14.6. The van der Waals surface area contributed by atoms with Crippen molar-refractivity contribution in [3.63, 3.8) is 0 Å². The number of furan rings is 1. The second-order valence-electron chi connectivity index (χ2n) is 9.69. The maximum atomic E-state index is 9.14. The van der Waals surface area contributed by atoms with Crippen molar-refractivity contribution in [3.8, 4) is 17.4 Å². The molecule has 0 saturated heterocycles. The Bertz CT molecular complexity index is 1290. The molecule has 2 aliphatic carbocycles. The van der Waals surface area contributed by atoms with Crippen LogP contribution in [0.2, 0.25) is 0 Å². The van der Waals surface area contributed by atoms with Gasteiger partial charge in [-0.1, -0.05) is 26.0 Å². The summed E-state index contributed by atoms with van der Waals surface area (Å²) < 4.78 is 6.11. The van der Waals surface area contributed by atoms with Gasteiger partial charge >= 0.3 is 0 Å². The topological polar surface area (TPSA) is 61.3 Å².